The van der Waals surface area contributed by atoms with Gasteiger partial charge in [-0.2, -0.15) is 0 Å². The molecule has 0 aliphatic carbocycles. The maximum Gasteiger partial charge on any atom is 0.260 e. The highest BCUT2D eigenvalue weighted by molar-refractivity contribution is 5.80. The molecule has 1 atom stereocenters. The van der Waals surface area contributed by atoms with E-state index in [2.05, 4.69) is 18.5 Å². The van der Waals surface area contributed by atoms with E-state index in [1.54, 1.807) is 26.1 Å². The van der Waals surface area contributed by atoms with Crippen LogP contribution in [-0.4, -0.2) is 19.1 Å². The fourth-order valence-electron chi connectivity index (χ4n) is 0.732. The van der Waals surface area contributed by atoms with Crippen LogP contribution in [0, 0.1) is 0 Å². The molecule has 1 N–H and O–H groups in total. The number of rotatable bonds is 5. The summed E-state index contributed by atoms with van der Waals surface area (Å²) in [5.41, 5.74) is 0. The first-order valence-corrected chi connectivity index (χ1v) is 3.99. The molecule has 0 radical (unpaired) electrons. The maximum absolute atomic E-state index is 11.0. The molecule has 0 spiro atoms. The van der Waals surface area contributed by atoms with Crippen molar-refractivity contribution in [3.63, 3.8) is 0 Å². The predicted molar refractivity (Wildman–Crippen MR) is 53.1 cm³/mol. The molecule has 1 amide bonds. The zero-order valence-corrected chi connectivity index (χ0v) is 8.04. The van der Waals surface area contributed by atoms with Gasteiger partial charge in [0.15, 0.2) is 6.10 Å². The Bertz CT molecular complexity index is 231. The third-order valence-electron chi connectivity index (χ3n) is 1.41. The molecule has 1 unspecified atom stereocenters. The molecule has 0 aliphatic heterocycles. The van der Waals surface area contributed by atoms with Crippen LogP contribution in [0.4, 0.5) is 0 Å². The van der Waals surface area contributed by atoms with E-state index in [0.29, 0.717) is 5.76 Å². The Kier molecular flexibility index (Phi) is 5.35. The Morgan fingerprint density at radius 3 is 2.54 bits per heavy atom. The van der Waals surface area contributed by atoms with E-state index in [9.17, 15) is 4.79 Å². The van der Waals surface area contributed by atoms with Crippen LogP contribution in [-0.2, 0) is 9.53 Å². The van der Waals surface area contributed by atoms with Crippen molar-refractivity contribution >= 4 is 5.91 Å². The normalized spacial score (nSPS) is 12.9. The second-order valence-corrected chi connectivity index (χ2v) is 2.38. The summed E-state index contributed by atoms with van der Waals surface area (Å²) < 4.78 is 5.25. The monoisotopic (exact) mass is 181 g/mol. The SMILES string of the molecule is C=C/C=C(\C=C)OC(C)C(=O)NC. The van der Waals surface area contributed by atoms with E-state index < -0.39 is 6.10 Å². The van der Waals surface area contributed by atoms with Gasteiger partial charge in [0.2, 0.25) is 0 Å². The molecular weight excluding hydrogens is 166 g/mol. The number of hydrogen-bond acceptors (Lipinski definition) is 2. The summed E-state index contributed by atoms with van der Waals surface area (Å²) in [6.45, 7) is 8.73. The lowest BCUT2D eigenvalue weighted by Crippen LogP contribution is -2.31. The lowest BCUT2D eigenvalue weighted by molar-refractivity contribution is -0.128. The molecule has 3 nitrogen and oxygen atoms in total. The van der Waals surface area contributed by atoms with Crippen molar-refractivity contribution in [2.75, 3.05) is 7.05 Å². The molecule has 0 aromatic rings. The van der Waals surface area contributed by atoms with E-state index in [-0.39, 0.29) is 5.91 Å². The predicted octanol–water partition coefficient (Wildman–Crippen LogP) is 1.39. The molecule has 3 heteroatoms. The minimum atomic E-state index is -0.519. The molecule has 0 bridgehead atoms. The molecular formula is C10H15NO2. The Labute approximate surface area is 78.8 Å². The Morgan fingerprint density at radius 2 is 2.15 bits per heavy atom. The van der Waals surface area contributed by atoms with Crippen LogP contribution in [0.1, 0.15) is 6.92 Å². The van der Waals surface area contributed by atoms with Gasteiger partial charge in [0, 0.05) is 7.05 Å². The molecule has 0 fully saturated rings. The molecule has 0 saturated carbocycles. The number of carbonyl (C=O) groups excluding carboxylic acids is 1. The zero-order valence-electron chi connectivity index (χ0n) is 8.04. The van der Waals surface area contributed by atoms with E-state index >= 15 is 0 Å². The summed E-state index contributed by atoms with van der Waals surface area (Å²) in [6.07, 6.45) is 4.23. The molecule has 13 heavy (non-hydrogen) atoms. The van der Waals surface area contributed by atoms with Gasteiger partial charge >= 0.3 is 0 Å². The van der Waals surface area contributed by atoms with Gasteiger partial charge in [0.1, 0.15) is 5.76 Å². The highest BCUT2D eigenvalue weighted by atomic mass is 16.5. The highest BCUT2D eigenvalue weighted by Crippen LogP contribution is 2.03. The molecule has 0 aliphatic rings. The van der Waals surface area contributed by atoms with Crippen LogP contribution in [0.15, 0.2) is 37.1 Å². The van der Waals surface area contributed by atoms with Crippen molar-refractivity contribution in [1.82, 2.24) is 5.32 Å². The van der Waals surface area contributed by atoms with Crippen molar-refractivity contribution in [2.24, 2.45) is 0 Å². The standard InChI is InChI=1S/C10H15NO2/c1-5-7-9(6-2)13-8(3)10(12)11-4/h5-8H,1-2H2,3-4H3,(H,11,12)/b9-7+. The molecule has 0 aromatic heterocycles. The summed E-state index contributed by atoms with van der Waals surface area (Å²) in [5.74, 6) is 0.364. The summed E-state index contributed by atoms with van der Waals surface area (Å²) in [7, 11) is 1.56. The van der Waals surface area contributed by atoms with Crippen LogP contribution in [0.25, 0.3) is 0 Å². The molecule has 0 saturated heterocycles. The summed E-state index contributed by atoms with van der Waals surface area (Å²) in [6, 6.07) is 0. The number of allylic oxidation sites excluding steroid dienone is 3. The maximum atomic E-state index is 11.0. The number of hydrogen-bond donors (Lipinski definition) is 1. The molecule has 0 heterocycles. The molecule has 72 valence electrons. The van der Waals surface area contributed by atoms with Crippen molar-refractivity contribution in [2.45, 2.75) is 13.0 Å². The van der Waals surface area contributed by atoms with Crippen molar-refractivity contribution in [1.29, 1.82) is 0 Å². The van der Waals surface area contributed by atoms with Gasteiger partial charge in [0.05, 0.1) is 0 Å². The Balaban J connectivity index is 4.24. The van der Waals surface area contributed by atoms with Gasteiger partial charge in [-0.05, 0) is 19.1 Å². The van der Waals surface area contributed by atoms with E-state index in [1.807, 2.05) is 0 Å². The zero-order chi connectivity index (χ0) is 10.3. The number of amides is 1. The average Bonchev–Trinajstić information content (AvgIpc) is 2.15. The first-order chi connectivity index (χ1) is 6.15. The average molecular weight is 181 g/mol. The van der Waals surface area contributed by atoms with Crippen LogP contribution in [0.5, 0.6) is 0 Å². The lowest BCUT2D eigenvalue weighted by Gasteiger charge is -2.12. The Morgan fingerprint density at radius 1 is 1.54 bits per heavy atom. The van der Waals surface area contributed by atoms with Gasteiger partial charge in [-0.1, -0.05) is 19.2 Å². The summed E-state index contributed by atoms with van der Waals surface area (Å²) >= 11 is 0. The van der Waals surface area contributed by atoms with Crippen molar-refractivity contribution in [3.8, 4) is 0 Å². The van der Waals surface area contributed by atoms with E-state index in [1.165, 1.54) is 6.08 Å². The van der Waals surface area contributed by atoms with Gasteiger partial charge in [-0.15, -0.1) is 0 Å². The first kappa shape index (κ1) is 11.5. The van der Waals surface area contributed by atoms with Crippen LogP contribution < -0.4 is 5.32 Å². The Hall–Kier alpha value is -1.51. The van der Waals surface area contributed by atoms with Gasteiger partial charge in [-0.3, -0.25) is 4.79 Å². The number of ether oxygens (including phenoxy) is 1. The second kappa shape index (κ2) is 6.06. The fraction of sp³-hybridized carbons (Fsp3) is 0.300. The minimum absolute atomic E-state index is 0.170. The lowest BCUT2D eigenvalue weighted by atomic mass is 10.3. The fourth-order valence-corrected chi connectivity index (χ4v) is 0.732. The van der Waals surface area contributed by atoms with Gasteiger partial charge < -0.3 is 10.1 Å². The number of nitrogens with one attached hydrogen (secondary N) is 1. The topological polar surface area (TPSA) is 38.3 Å². The first-order valence-electron chi connectivity index (χ1n) is 3.99. The van der Waals surface area contributed by atoms with Crippen LogP contribution in [0.2, 0.25) is 0 Å². The minimum Gasteiger partial charge on any atom is -0.481 e. The number of likely N-dealkylation sites (N-methyl/N-ethyl adjacent to an activating group) is 1. The summed E-state index contributed by atoms with van der Waals surface area (Å²) in [4.78, 5) is 11.0. The summed E-state index contributed by atoms with van der Waals surface area (Å²) in [5, 5.41) is 2.49. The van der Waals surface area contributed by atoms with Gasteiger partial charge in [-0.25, -0.2) is 0 Å². The van der Waals surface area contributed by atoms with E-state index in [4.69, 9.17) is 4.74 Å². The molecule has 0 aromatic carbocycles. The van der Waals surface area contributed by atoms with Crippen molar-refractivity contribution < 1.29 is 9.53 Å². The van der Waals surface area contributed by atoms with Crippen molar-refractivity contribution in [3.05, 3.63) is 37.1 Å². The largest absolute Gasteiger partial charge is 0.481 e. The third kappa shape index (κ3) is 4.15. The second-order valence-electron chi connectivity index (χ2n) is 2.38. The van der Waals surface area contributed by atoms with E-state index in [0.717, 1.165) is 0 Å². The van der Waals surface area contributed by atoms with Gasteiger partial charge in [0.25, 0.3) is 5.91 Å². The molecule has 0 rings (SSSR count). The highest BCUT2D eigenvalue weighted by Gasteiger charge is 2.11. The van der Waals surface area contributed by atoms with Crippen LogP contribution in [0.3, 0.4) is 0 Å². The quantitative estimate of drug-likeness (QED) is 0.514. The number of carbonyl (C=O) groups is 1. The third-order valence-corrected chi connectivity index (χ3v) is 1.41. The van der Waals surface area contributed by atoms with Crippen LogP contribution >= 0.6 is 0 Å². The smallest absolute Gasteiger partial charge is 0.260 e.